The average molecular weight is 446 g/mol. The van der Waals surface area contributed by atoms with E-state index in [1.807, 2.05) is 20.8 Å². The van der Waals surface area contributed by atoms with Gasteiger partial charge >= 0.3 is 0 Å². The van der Waals surface area contributed by atoms with Gasteiger partial charge in [0.25, 0.3) is 0 Å². The molecule has 2 unspecified atom stereocenters. The summed E-state index contributed by atoms with van der Waals surface area (Å²) in [6.07, 6.45) is 7.40. The van der Waals surface area contributed by atoms with E-state index in [1.165, 1.54) is 25.4 Å². The molecule has 0 aliphatic carbocycles. The van der Waals surface area contributed by atoms with Crippen LogP contribution in [-0.2, 0) is 11.2 Å². The van der Waals surface area contributed by atoms with Crippen molar-refractivity contribution < 1.29 is 19.3 Å². The van der Waals surface area contributed by atoms with Crippen molar-refractivity contribution in [3.63, 3.8) is 0 Å². The van der Waals surface area contributed by atoms with Crippen molar-refractivity contribution in [2.75, 3.05) is 14.2 Å². The van der Waals surface area contributed by atoms with Crippen LogP contribution in [-0.4, -0.2) is 42.1 Å². The fraction of sp³-hybridized carbons (Fsp3) is 0.577. The third kappa shape index (κ3) is 5.93. The SMILES string of the molecule is COc1[nH]c(C/C=C(\C)C/C(C)=C/C(C)=C/[C@@H](C)[C@@H](O)C2(C)OC2C)c(C)c(=O)c1OC. The van der Waals surface area contributed by atoms with E-state index in [9.17, 15) is 9.90 Å². The van der Waals surface area contributed by atoms with E-state index in [4.69, 9.17) is 14.2 Å². The second-order valence-electron chi connectivity index (χ2n) is 9.20. The number of nitrogens with one attached hydrogen (secondary N) is 1. The summed E-state index contributed by atoms with van der Waals surface area (Å²) in [5.74, 6) is 0.555. The lowest BCUT2D eigenvalue weighted by atomic mass is 9.89. The number of epoxide rings is 1. The first-order valence-electron chi connectivity index (χ1n) is 11.1. The molecule has 1 aliphatic rings. The summed E-state index contributed by atoms with van der Waals surface area (Å²) in [5.41, 5.74) is 4.43. The number of hydrogen-bond acceptors (Lipinski definition) is 5. The number of H-pyrrole nitrogens is 1. The second kappa shape index (κ2) is 10.5. The van der Waals surface area contributed by atoms with Gasteiger partial charge < -0.3 is 24.3 Å². The Kier molecular flexibility index (Phi) is 8.54. The van der Waals surface area contributed by atoms with Crippen molar-refractivity contribution >= 4 is 0 Å². The van der Waals surface area contributed by atoms with Gasteiger partial charge in [0.05, 0.1) is 26.4 Å². The molecule has 32 heavy (non-hydrogen) atoms. The lowest BCUT2D eigenvalue weighted by Crippen LogP contribution is -2.33. The minimum Gasteiger partial charge on any atom is -0.488 e. The van der Waals surface area contributed by atoms with Crippen molar-refractivity contribution in [1.82, 2.24) is 4.98 Å². The van der Waals surface area contributed by atoms with Gasteiger partial charge in [-0.25, -0.2) is 0 Å². The Labute approximate surface area is 192 Å². The molecule has 0 amide bonds. The minimum atomic E-state index is -0.519. The smallest absolute Gasteiger partial charge is 0.238 e. The van der Waals surface area contributed by atoms with E-state index in [1.54, 1.807) is 6.92 Å². The molecule has 0 spiro atoms. The van der Waals surface area contributed by atoms with Gasteiger partial charge in [0.15, 0.2) is 0 Å². The van der Waals surface area contributed by atoms with Crippen LogP contribution in [0.25, 0.3) is 0 Å². The molecule has 0 radical (unpaired) electrons. The maximum absolute atomic E-state index is 12.5. The fourth-order valence-electron chi connectivity index (χ4n) is 4.19. The number of aliphatic hydroxyl groups excluding tert-OH is 1. The molecule has 1 saturated heterocycles. The van der Waals surface area contributed by atoms with Crippen molar-refractivity contribution in [2.24, 2.45) is 5.92 Å². The van der Waals surface area contributed by atoms with Crippen molar-refractivity contribution in [1.29, 1.82) is 0 Å². The van der Waals surface area contributed by atoms with Gasteiger partial charge in [0, 0.05) is 23.6 Å². The largest absolute Gasteiger partial charge is 0.488 e. The van der Waals surface area contributed by atoms with Gasteiger partial charge in [-0.3, -0.25) is 4.79 Å². The van der Waals surface area contributed by atoms with E-state index >= 15 is 0 Å². The molecule has 2 rings (SSSR count). The Morgan fingerprint density at radius 3 is 2.41 bits per heavy atom. The molecule has 0 saturated carbocycles. The monoisotopic (exact) mass is 445 g/mol. The number of methoxy groups -OCH3 is 2. The van der Waals surface area contributed by atoms with Crippen molar-refractivity contribution in [3.05, 3.63) is 56.4 Å². The number of allylic oxidation sites excluding steroid dienone is 5. The highest BCUT2D eigenvalue weighted by molar-refractivity contribution is 5.40. The minimum absolute atomic E-state index is 0.00971. The number of pyridine rings is 1. The zero-order chi connectivity index (χ0) is 24.2. The summed E-state index contributed by atoms with van der Waals surface area (Å²) in [6.45, 7) is 14.0. The predicted molar refractivity (Wildman–Crippen MR) is 129 cm³/mol. The Morgan fingerprint density at radius 1 is 1.25 bits per heavy atom. The van der Waals surface area contributed by atoms with Crippen LogP contribution in [0.3, 0.4) is 0 Å². The molecule has 1 fully saturated rings. The predicted octanol–water partition coefficient (Wildman–Crippen LogP) is 4.65. The molecule has 1 aromatic rings. The lowest BCUT2D eigenvalue weighted by Gasteiger charge is -2.20. The highest BCUT2D eigenvalue weighted by atomic mass is 16.6. The fourth-order valence-corrected chi connectivity index (χ4v) is 4.19. The molecule has 6 nitrogen and oxygen atoms in total. The maximum Gasteiger partial charge on any atom is 0.238 e. The first-order chi connectivity index (χ1) is 14.9. The van der Waals surface area contributed by atoms with Gasteiger partial charge in [-0.05, 0) is 48.0 Å². The molecular formula is C26H39NO5. The van der Waals surface area contributed by atoms with Crippen LogP contribution >= 0.6 is 0 Å². The van der Waals surface area contributed by atoms with Crippen LogP contribution in [0, 0.1) is 12.8 Å². The highest BCUT2D eigenvalue weighted by Crippen LogP contribution is 2.41. The molecule has 1 aromatic heterocycles. The van der Waals surface area contributed by atoms with Crippen molar-refractivity contribution in [3.8, 4) is 11.6 Å². The third-order valence-electron chi connectivity index (χ3n) is 6.36. The Morgan fingerprint density at radius 2 is 1.88 bits per heavy atom. The summed E-state index contributed by atoms with van der Waals surface area (Å²) in [6, 6.07) is 0. The zero-order valence-corrected chi connectivity index (χ0v) is 21.0. The van der Waals surface area contributed by atoms with Crippen LogP contribution in [0.4, 0.5) is 0 Å². The van der Waals surface area contributed by atoms with Gasteiger partial charge in [-0.1, -0.05) is 41.9 Å². The topological polar surface area (TPSA) is 84.1 Å². The Hall–Kier alpha value is -2.31. The highest BCUT2D eigenvalue weighted by Gasteiger charge is 2.55. The summed E-state index contributed by atoms with van der Waals surface area (Å²) in [5, 5.41) is 10.6. The molecule has 0 bridgehead atoms. The van der Waals surface area contributed by atoms with E-state index in [0.29, 0.717) is 17.9 Å². The van der Waals surface area contributed by atoms with E-state index < -0.39 is 11.7 Å². The molecule has 178 valence electrons. The number of hydrogen-bond donors (Lipinski definition) is 2. The van der Waals surface area contributed by atoms with Crippen LogP contribution < -0.4 is 14.9 Å². The molecule has 4 atom stereocenters. The standard InChI is InChI=1S/C26H39NO5/c1-15(10-11-21-19(5)22(28)23(30-8)25(27-21)31-9)12-16(2)13-17(3)14-18(4)24(29)26(7)20(6)32-26/h10,13-14,18,20,24,29H,11-12H2,1-9H3,(H,27,28)/b15-10+,16-13+,17-14+/t18-,20?,24-,26?/m1/s1. The van der Waals surface area contributed by atoms with Crippen LogP contribution in [0.2, 0.25) is 0 Å². The summed E-state index contributed by atoms with van der Waals surface area (Å²) in [4.78, 5) is 15.6. The first kappa shape index (κ1) is 25.9. The summed E-state index contributed by atoms with van der Waals surface area (Å²) >= 11 is 0. The maximum atomic E-state index is 12.5. The first-order valence-corrected chi connectivity index (χ1v) is 11.1. The van der Waals surface area contributed by atoms with Crippen LogP contribution in [0.1, 0.15) is 59.2 Å². The molecule has 6 heteroatoms. The van der Waals surface area contributed by atoms with Gasteiger partial charge in [-0.2, -0.15) is 0 Å². The van der Waals surface area contributed by atoms with Crippen LogP contribution in [0.15, 0.2) is 39.7 Å². The normalized spacial score (nSPS) is 23.7. The van der Waals surface area contributed by atoms with Crippen molar-refractivity contribution in [2.45, 2.75) is 79.1 Å². The number of ether oxygens (including phenoxy) is 3. The third-order valence-corrected chi connectivity index (χ3v) is 6.36. The molecule has 2 N–H and O–H groups in total. The molecule has 0 aromatic carbocycles. The molecular weight excluding hydrogens is 406 g/mol. The van der Waals surface area contributed by atoms with Gasteiger partial charge in [-0.15, -0.1) is 0 Å². The van der Waals surface area contributed by atoms with Gasteiger partial charge in [0.1, 0.15) is 5.60 Å². The number of aromatic amines is 1. The summed E-state index contributed by atoms with van der Waals surface area (Å²) in [7, 11) is 2.97. The van der Waals surface area contributed by atoms with E-state index in [0.717, 1.165) is 17.7 Å². The lowest BCUT2D eigenvalue weighted by molar-refractivity contribution is 0.0564. The quantitative estimate of drug-likeness (QED) is 0.311. The molecule has 2 heterocycles. The van der Waals surface area contributed by atoms with Gasteiger partial charge in [0.2, 0.25) is 17.1 Å². The van der Waals surface area contributed by atoms with E-state index in [2.05, 4.69) is 44.0 Å². The Bertz CT molecular complexity index is 971. The summed E-state index contributed by atoms with van der Waals surface area (Å²) < 4.78 is 16.0. The zero-order valence-electron chi connectivity index (χ0n) is 21.0. The average Bonchev–Trinajstić information content (AvgIpc) is 3.35. The second-order valence-corrected chi connectivity index (χ2v) is 9.20. The number of aromatic nitrogens is 1. The Balaban J connectivity index is 2.05. The molecule has 1 aliphatic heterocycles. The number of aliphatic hydroxyl groups is 1. The van der Waals surface area contributed by atoms with E-state index in [-0.39, 0.29) is 23.2 Å². The van der Waals surface area contributed by atoms with Crippen LogP contribution in [0.5, 0.6) is 11.6 Å². The number of rotatable bonds is 10.